The number of aromatic nitrogens is 1. The molecule has 0 aliphatic carbocycles. The van der Waals surface area contributed by atoms with Crippen molar-refractivity contribution in [1.82, 2.24) is 4.98 Å². The summed E-state index contributed by atoms with van der Waals surface area (Å²) in [5.74, 6) is 5.06. The van der Waals surface area contributed by atoms with Crippen molar-refractivity contribution in [3.63, 3.8) is 0 Å². The summed E-state index contributed by atoms with van der Waals surface area (Å²) >= 11 is 5.88. The van der Waals surface area contributed by atoms with Crippen LogP contribution in [0.4, 0.5) is 11.4 Å². The minimum absolute atomic E-state index is 0.305. The van der Waals surface area contributed by atoms with Gasteiger partial charge in [0, 0.05) is 10.7 Å². The molecule has 0 saturated carbocycles. The van der Waals surface area contributed by atoms with Crippen LogP contribution >= 0.6 is 11.6 Å². The molecule has 1 amide bonds. The van der Waals surface area contributed by atoms with E-state index < -0.39 is 0 Å². The number of nitrogens with one attached hydrogen (secondary N) is 2. The van der Waals surface area contributed by atoms with Crippen LogP contribution in [0, 0.1) is 6.92 Å². The third-order valence-corrected chi connectivity index (χ3v) is 2.79. The number of carbonyl (C=O) groups excluding carboxylic acids is 1. The summed E-state index contributed by atoms with van der Waals surface area (Å²) < 4.78 is 0. The van der Waals surface area contributed by atoms with Crippen LogP contribution in [0.5, 0.6) is 0 Å². The fourth-order valence-corrected chi connectivity index (χ4v) is 1.74. The van der Waals surface area contributed by atoms with E-state index in [9.17, 15) is 4.79 Å². The zero-order chi connectivity index (χ0) is 13.8. The Morgan fingerprint density at radius 2 is 2.11 bits per heavy atom. The average molecular weight is 277 g/mol. The fourth-order valence-electron chi connectivity index (χ4n) is 1.57. The smallest absolute Gasteiger partial charge is 0.257 e. The number of rotatable bonds is 3. The first-order valence-corrected chi connectivity index (χ1v) is 5.98. The Kier molecular flexibility index (Phi) is 3.99. The van der Waals surface area contributed by atoms with Crippen LogP contribution in [-0.2, 0) is 0 Å². The number of hydrogen-bond donors (Lipinski definition) is 3. The second kappa shape index (κ2) is 5.69. The molecule has 1 aromatic heterocycles. The number of anilines is 2. The molecule has 0 radical (unpaired) electrons. The lowest BCUT2D eigenvalue weighted by Crippen LogP contribution is -2.17. The van der Waals surface area contributed by atoms with E-state index in [2.05, 4.69) is 15.7 Å². The van der Waals surface area contributed by atoms with E-state index in [1.165, 1.54) is 0 Å². The van der Waals surface area contributed by atoms with Crippen LogP contribution in [0.25, 0.3) is 0 Å². The average Bonchev–Trinajstić information content (AvgIpc) is 2.41. The van der Waals surface area contributed by atoms with E-state index in [-0.39, 0.29) is 5.91 Å². The minimum atomic E-state index is -0.305. The number of hydrazine groups is 1. The van der Waals surface area contributed by atoms with Crippen LogP contribution < -0.4 is 16.6 Å². The highest BCUT2D eigenvalue weighted by Crippen LogP contribution is 2.21. The lowest BCUT2D eigenvalue weighted by molar-refractivity contribution is 0.102. The Bertz CT molecular complexity index is 598. The second-order valence-electron chi connectivity index (χ2n) is 3.98. The van der Waals surface area contributed by atoms with Gasteiger partial charge in [0.05, 0.1) is 23.1 Å². The minimum Gasteiger partial charge on any atom is -0.323 e. The summed E-state index contributed by atoms with van der Waals surface area (Å²) in [6.45, 7) is 1.87. The Hall–Kier alpha value is -2.11. The summed E-state index contributed by atoms with van der Waals surface area (Å²) in [5.41, 5.74) is 4.83. The van der Waals surface area contributed by atoms with Gasteiger partial charge in [0.1, 0.15) is 0 Å². The normalized spacial score (nSPS) is 10.1. The van der Waals surface area contributed by atoms with E-state index >= 15 is 0 Å². The molecule has 0 bridgehead atoms. The number of nitrogens with zero attached hydrogens (tertiary/aromatic N) is 1. The van der Waals surface area contributed by atoms with Gasteiger partial charge < -0.3 is 10.7 Å². The Labute approximate surface area is 115 Å². The molecular formula is C13H13ClN4O. The topological polar surface area (TPSA) is 80.0 Å². The summed E-state index contributed by atoms with van der Waals surface area (Å²) in [6.07, 6.45) is 1.59. The SMILES string of the molecule is Cc1ccc(NC(=O)c2cc(Cl)ccc2NN)cn1. The number of amides is 1. The van der Waals surface area contributed by atoms with Crippen LogP contribution in [0.1, 0.15) is 16.1 Å². The lowest BCUT2D eigenvalue weighted by atomic mass is 10.1. The van der Waals surface area contributed by atoms with E-state index in [4.69, 9.17) is 17.4 Å². The maximum Gasteiger partial charge on any atom is 0.257 e. The quantitative estimate of drug-likeness (QED) is 0.595. The Morgan fingerprint density at radius 1 is 1.32 bits per heavy atom. The van der Waals surface area contributed by atoms with E-state index in [1.54, 1.807) is 30.5 Å². The van der Waals surface area contributed by atoms with Crippen molar-refractivity contribution in [2.75, 3.05) is 10.7 Å². The molecule has 0 saturated heterocycles. The maximum absolute atomic E-state index is 12.1. The van der Waals surface area contributed by atoms with Crippen molar-refractivity contribution in [2.24, 2.45) is 5.84 Å². The van der Waals surface area contributed by atoms with Crippen molar-refractivity contribution in [3.8, 4) is 0 Å². The number of benzene rings is 1. The van der Waals surface area contributed by atoms with Crippen molar-refractivity contribution >= 4 is 28.9 Å². The molecule has 5 nitrogen and oxygen atoms in total. The molecule has 1 aromatic carbocycles. The predicted octanol–water partition coefficient (Wildman–Crippen LogP) is 2.58. The van der Waals surface area contributed by atoms with Crippen molar-refractivity contribution in [3.05, 3.63) is 52.8 Å². The third kappa shape index (κ3) is 3.21. The van der Waals surface area contributed by atoms with Gasteiger partial charge in [-0.15, -0.1) is 0 Å². The molecule has 6 heteroatoms. The molecule has 0 aliphatic rings. The first-order chi connectivity index (χ1) is 9.10. The first kappa shape index (κ1) is 13.3. The van der Waals surface area contributed by atoms with Gasteiger partial charge in [-0.1, -0.05) is 11.6 Å². The molecular weight excluding hydrogens is 264 g/mol. The molecule has 0 atom stereocenters. The Balaban J connectivity index is 2.24. The molecule has 0 spiro atoms. The summed E-state index contributed by atoms with van der Waals surface area (Å²) in [7, 11) is 0. The molecule has 4 N–H and O–H groups in total. The number of carbonyl (C=O) groups is 1. The van der Waals surface area contributed by atoms with Gasteiger partial charge in [0.2, 0.25) is 0 Å². The largest absolute Gasteiger partial charge is 0.323 e. The zero-order valence-electron chi connectivity index (χ0n) is 10.3. The lowest BCUT2D eigenvalue weighted by Gasteiger charge is -2.10. The van der Waals surface area contributed by atoms with Crippen LogP contribution in [0.2, 0.25) is 5.02 Å². The number of nitrogens with two attached hydrogens (primary N) is 1. The van der Waals surface area contributed by atoms with Gasteiger partial charge in [0.15, 0.2) is 0 Å². The summed E-state index contributed by atoms with van der Waals surface area (Å²) in [4.78, 5) is 16.2. The number of nitrogen functional groups attached to an aromatic ring is 1. The highest BCUT2D eigenvalue weighted by molar-refractivity contribution is 6.31. The predicted molar refractivity (Wildman–Crippen MR) is 76.2 cm³/mol. The highest BCUT2D eigenvalue weighted by Gasteiger charge is 2.12. The highest BCUT2D eigenvalue weighted by atomic mass is 35.5. The number of hydrogen-bond acceptors (Lipinski definition) is 4. The molecule has 0 unspecified atom stereocenters. The number of pyridine rings is 1. The molecule has 0 fully saturated rings. The van der Waals surface area contributed by atoms with Crippen LogP contribution in [0.15, 0.2) is 36.5 Å². The van der Waals surface area contributed by atoms with Crippen LogP contribution in [0.3, 0.4) is 0 Å². The Morgan fingerprint density at radius 3 is 2.74 bits per heavy atom. The number of aryl methyl sites for hydroxylation is 1. The standard InChI is InChI=1S/C13H13ClN4O/c1-8-2-4-10(7-16-8)17-13(19)11-6-9(14)3-5-12(11)18-15/h2-7,18H,15H2,1H3,(H,17,19). The van der Waals surface area contributed by atoms with Gasteiger partial charge >= 0.3 is 0 Å². The van der Waals surface area contributed by atoms with Gasteiger partial charge in [-0.25, -0.2) is 0 Å². The third-order valence-electron chi connectivity index (χ3n) is 2.55. The van der Waals surface area contributed by atoms with Crippen molar-refractivity contribution in [1.29, 1.82) is 0 Å². The van der Waals surface area contributed by atoms with Crippen LogP contribution in [-0.4, -0.2) is 10.9 Å². The van der Waals surface area contributed by atoms with Crippen molar-refractivity contribution in [2.45, 2.75) is 6.92 Å². The molecule has 2 aromatic rings. The first-order valence-electron chi connectivity index (χ1n) is 5.60. The second-order valence-corrected chi connectivity index (χ2v) is 4.41. The molecule has 2 rings (SSSR count). The zero-order valence-corrected chi connectivity index (χ0v) is 11.0. The van der Waals surface area contributed by atoms with E-state index in [0.717, 1.165) is 5.69 Å². The molecule has 0 aliphatic heterocycles. The maximum atomic E-state index is 12.1. The molecule has 19 heavy (non-hydrogen) atoms. The van der Waals surface area contributed by atoms with Gasteiger partial charge in [-0.05, 0) is 37.3 Å². The van der Waals surface area contributed by atoms with Gasteiger partial charge in [0.25, 0.3) is 5.91 Å². The van der Waals surface area contributed by atoms with Gasteiger partial charge in [-0.3, -0.25) is 15.6 Å². The molecule has 98 valence electrons. The summed E-state index contributed by atoms with van der Waals surface area (Å²) in [6, 6.07) is 8.44. The van der Waals surface area contributed by atoms with Gasteiger partial charge in [-0.2, -0.15) is 0 Å². The van der Waals surface area contributed by atoms with E-state index in [0.29, 0.717) is 22.0 Å². The summed E-state index contributed by atoms with van der Waals surface area (Å²) in [5, 5.41) is 3.20. The van der Waals surface area contributed by atoms with Crippen molar-refractivity contribution < 1.29 is 4.79 Å². The fraction of sp³-hybridized carbons (Fsp3) is 0.0769. The van der Waals surface area contributed by atoms with E-state index in [1.807, 2.05) is 13.0 Å². The molecule has 1 heterocycles. The monoisotopic (exact) mass is 276 g/mol. The number of halogens is 1.